The number of anilines is 1. The van der Waals surface area contributed by atoms with Crippen LogP contribution in [0.1, 0.15) is 11.1 Å². The van der Waals surface area contributed by atoms with Crippen molar-refractivity contribution in [2.45, 2.75) is 35.8 Å². The molecule has 2 bridgehead atoms. The van der Waals surface area contributed by atoms with Crippen LogP contribution in [0.5, 0.6) is 0 Å². The second-order valence-corrected chi connectivity index (χ2v) is 8.69. The maximum absolute atomic E-state index is 13.2. The number of hydrogen-bond acceptors (Lipinski definition) is 5. The van der Waals surface area contributed by atoms with Crippen LogP contribution in [-0.2, 0) is 25.7 Å². The SMILES string of the molecule is N#Cc1ccc(N2C[C@@H]3[C@@H]4O[C@@H]([C@H]5O[C@H]54)[C@@H]3S2(=O)=O)cc1C(F)(F)F. The van der Waals surface area contributed by atoms with Gasteiger partial charge in [-0.1, -0.05) is 0 Å². The molecule has 0 amide bonds. The number of hydrogen-bond donors (Lipinski definition) is 0. The number of epoxide rings is 1. The number of nitriles is 1. The maximum atomic E-state index is 13.2. The quantitative estimate of drug-likeness (QED) is 0.693. The molecule has 6 atom stereocenters. The Morgan fingerprint density at radius 1 is 1.16 bits per heavy atom. The van der Waals surface area contributed by atoms with Crippen LogP contribution < -0.4 is 4.31 Å². The molecule has 4 saturated heterocycles. The second kappa shape index (κ2) is 4.47. The van der Waals surface area contributed by atoms with Crippen molar-refractivity contribution in [2.75, 3.05) is 10.8 Å². The maximum Gasteiger partial charge on any atom is 0.417 e. The Kier molecular flexibility index (Phi) is 2.76. The van der Waals surface area contributed by atoms with E-state index < -0.39 is 38.7 Å². The van der Waals surface area contributed by atoms with E-state index in [1.54, 1.807) is 0 Å². The topological polar surface area (TPSA) is 82.9 Å². The molecule has 4 heterocycles. The fourth-order valence-corrected chi connectivity index (χ4v) is 6.67. The van der Waals surface area contributed by atoms with Gasteiger partial charge in [-0.2, -0.15) is 18.4 Å². The third-order valence-corrected chi connectivity index (χ3v) is 7.72. The van der Waals surface area contributed by atoms with Gasteiger partial charge < -0.3 is 9.47 Å². The Balaban J connectivity index is 1.56. The van der Waals surface area contributed by atoms with Crippen LogP contribution in [0, 0.1) is 17.2 Å². The van der Waals surface area contributed by atoms with E-state index in [0.29, 0.717) is 0 Å². The third-order valence-electron chi connectivity index (χ3n) is 5.44. The van der Waals surface area contributed by atoms with Crippen molar-refractivity contribution in [3.05, 3.63) is 29.3 Å². The number of fused-ring (bicyclic) bond motifs is 8. The van der Waals surface area contributed by atoms with Crippen molar-refractivity contribution < 1.29 is 31.1 Å². The van der Waals surface area contributed by atoms with Gasteiger partial charge in [-0.15, -0.1) is 0 Å². The predicted molar refractivity (Wildman–Crippen MR) is 77.0 cm³/mol. The average Bonchev–Trinajstić information content (AvgIpc) is 3.05. The van der Waals surface area contributed by atoms with E-state index in [1.165, 1.54) is 12.1 Å². The predicted octanol–water partition coefficient (Wildman–Crippen LogP) is 1.26. The molecular weight excluding hydrogens is 361 g/mol. The number of rotatable bonds is 1. The van der Waals surface area contributed by atoms with Crippen molar-refractivity contribution in [2.24, 2.45) is 5.92 Å². The van der Waals surface area contributed by atoms with E-state index in [-0.39, 0.29) is 36.5 Å². The molecule has 0 N–H and O–H groups in total. The summed E-state index contributed by atoms with van der Waals surface area (Å²) in [5.74, 6) is -0.316. The fraction of sp³-hybridized carbons (Fsp3) is 0.533. The normalized spacial score (nSPS) is 39.8. The lowest BCUT2D eigenvalue weighted by Crippen LogP contribution is -2.39. The zero-order valence-corrected chi connectivity index (χ0v) is 13.3. The number of sulfonamides is 1. The number of alkyl halides is 3. The Hall–Kier alpha value is -1.83. The summed E-state index contributed by atoms with van der Waals surface area (Å²) >= 11 is 0. The number of ether oxygens (including phenoxy) is 2. The molecule has 25 heavy (non-hydrogen) atoms. The van der Waals surface area contributed by atoms with Crippen molar-refractivity contribution >= 4 is 15.7 Å². The van der Waals surface area contributed by atoms with Crippen LogP contribution in [0.2, 0.25) is 0 Å². The van der Waals surface area contributed by atoms with Crippen molar-refractivity contribution in [3.8, 4) is 6.07 Å². The summed E-state index contributed by atoms with van der Waals surface area (Å²) < 4.78 is 77.4. The lowest BCUT2D eigenvalue weighted by atomic mass is 9.89. The zero-order chi connectivity index (χ0) is 17.7. The minimum atomic E-state index is -4.74. The number of halogens is 3. The van der Waals surface area contributed by atoms with Crippen LogP contribution in [-0.4, -0.2) is 44.6 Å². The van der Waals surface area contributed by atoms with Crippen molar-refractivity contribution in [1.82, 2.24) is 0 Å². The van der Waals surface area contributed by atoms with Gasteiger partial charge in [0.15, 0.2) is 0 Å². The molecule has 4 aliphatic heterocycles. The molecule has 4 fully saturated rings. The first-order valence-electron chi connectivity index (χ1n) is 7.67. The standard InChI is InChI=1S/C15H11F3N2O4S/c16-15(17,18)9-3-7(2-1-6(9)4-19)20-5-8-10-11-12(24-11)13(23-10)14(8)25(20,21)22/h1-3,8,10-14H,5H2/t8-,10+,11+,12+,13+,14-/m1/s1. The lowest BCUT2D eigenvalue weighted by molar-refractivity contribution is -0.137. The van der Waals surface area contributed by atoms with E-state index in [9.17, 15) is 21.6 Å². The molecule has 4 aliphatic rings. The molecule has 0 saturated carbocycles. The molecule has 0 spiro atoms. The van der Waals surface area contributed by atoms with Crippen LogP contribution in [0.15, 0.2) is 18.2 Å². The molecule has 10 heteroatoms. The summed E-state index contributed by atoms with van der Waals surface area (Å²) in [5.41, 5.74) is -1.74. The van der Waals surface area contributed by atoms with Crippen LogP contribution in [0.4, 0.5) is 18.9 Å². The van der Waals surface area contributed by atoms with Gasteiger partial charge in [-0.3, -0.25) is 4.31 Å². The smallest absolute Gasteiger partial charge is 0.368 e. The van der Waals surface area contributed by atoms with Gasteiger partial charge in [-0.05, 0) is 18.2 Å². The summed E-state index contributed by atoms with van der Waals surface area (Å²) in [7, 11) is -3.86. The molecule has 0 aliphatic carbocycles. The molecule has 0 aromatic heterocycles. The lowest BCUT2D eigenvalue weighted by Gasteiger charge is -2.22. The first-order valence-corrected chi connectivity index (χ1v) is 9.17. The summed E-state index contributed by atoms with van der Waals surface area (Å²) in [5, 5.41) is 8.09. The van der Waals surface area contributed by atoms with E-state index >= 15 is 0 Å². The highest BCUT2D eigenvalue weighted by Crippen LogP contribution is 2.56. The number of nitrogens with zero attached hydrogens (tertiary/aromatic N) is 2. The van der Waals surface area contributed by atoms with Gasteiger partial charge in [0.1, 0.15) is 23.6 Å². The minimum absolute atomic E-state index is 0.0595. The zero-order valence-electron chi connectivity index (χ0n) is 12.5. The van der Waals surface area contributed by atoms with Crippen molar-refractivity contribution in [3.63, 3.8) is 0 Å². The molecule has 1 aromatic carbocycles. The minimum Gasteiger partial charge on any atom is -0.368 e. The molecule has 0 unspecified atom stereocenters. The Morgan fingerprint density at radius 3 is 2.52 bits per heavy atom. The third kappa shape index (κ3) is 1.89. The van der Waals surface area contributed by atoms with Gasteiger partial charge in [0.2, 0.25) is 10.0 Å². The van der Waals surface area contributed by atoms with Gasteiger partial charge in [-0.25, -0.2) is 8.42 Å². The average molecular weight is 372 g/mol. The Morgan fingerprint density at radius 2 is 1.84 bits per heavy atom. The highest BCUT2D eigenvalue weighted by molar-refractivity contribution is 7.93. The molecule has 132 valence electrons. The Labute approximate surface area is 140 Å². The molecule has 6 nitrogen and oxygen atoms in total. The van der Waals surface area contributed by atoms with Crippen LogP contribution in [0.3, 0.4) is 0 Å². The highest BCUT2D eigenvalue weighted by atomic mass is 32.2. The second-order valence-electron chi connectivity index (χ2n) is 6.67. The van der Waals surface area contributed by atoms with Crippen LogP contribution in [0.25, 0.3) is 0 Å². The monoisotopic (exact) mass is 372 g/mol. The van der Waals surface area contributed by atoms with Gasteiger partial charge in [0, 0.05) is 12.5 Å². The van der Waals surface area contributed by atoms with E-state index in [1.807, 2.05) is 0 Å². The Bertz CT molecular complexity index is 926. The summed E-state index contributed by atoms with van der Waals surface area (Å²) in [6.45, 7) is 0.0595. The largest absolute Gasteiger partial charge is 0.417 e. The fourth-order valence-electron chi connectivity index (χ4n) is 4.35. The molecule has 0 radical (unpaired) electrons. The molecular formula is C15H11F3N2O4S. The first kappa shape index (κ1) is 15.4. The van der Waals surface area contributed by atoms with E-state index in [4.69, 9.17) is 14.7 Å². The van der Waals surface area contributed by atoms with Gasteiger partial charge in [0.05, 0.1) is 29.0 Å². The van der Waals surface area contributed by atoms with Gasteiger partial charge in [0.25, 0.3) is 0 Å². The van der Waals surface area contributed by atoms with Gasteiger partial charge >= 0.3 is 6.18 Å². The highest BCUT2D eigenvalue weighted by Gasteiger charge is 2.74. The first-order chi connectivity index (χ1) is 11.7. The molecule has 5 rings (SSSR count). The summed E-state index contributed by atoms with van der Waals surface area (Å²) in [6.07, 6.45) is -5.91. The van der Waals surface area contributed by atoms with Crippen LogP contribution >= 0.6 is 0 Å². The van der Waals surface area contributed by atoms with E-state index in [0.717, 1.165) is 16.4 Å². The van der Waals surface area contributed by atoms with E-state index in [2.05, 4.69) is 0 Å². The van der Waals surface area contributed by atoms with Crippen molar-refractivity contribution in [1.29, 1.82) is 5.26 Å². The summed E-state index contributed by atoms with van der Waals surface area (Å²) in [6, 6.07) is 4.47. The summed E-state index contributed by atoms with van der Waals surface area (Å²) in [4.78, 5) is 0. The molecule has 1 aromatic rings. The number of benzene rings is 1.